The van der Waals surface area contributed by atoms with Gasteiger partial charge < -0.3 is 15.7 Å². The average Bonchev–Trinajstić information content (AvgIpc) is 2.37. The van der Waals surface area contributed by atoms with E-state index in [2.05, 4.69) is 28.8 Å². The van der Waals surface area contributed by atoms with Gasteiger partial charge in [-0.05, 0) is 24.3 Å². The smallest absolute Gasteiger partial charge is 0.335 e. The SMILES string of the molecule is C=CC(=O)Nc1cc(C(=O)O)cc(NC(=O)C=C)n1. The van der Waals surface area contributed by atoms with Crippen LogP contribution in [0.15, 0.2) is 37.4 Å². The number of hydrogen-bond acceptors (Lipinski definition) is 4. The second-order valence-corrected chi connectivity index (χ2v) is 3.32. The molecule has 1 rings (SSSR count). The molecule has 0 aliphatic rings. The number of rotatable bonds is 5. The van der Waals surface area contributed by atoms with Gasteiger partial charge in [-0.2, -0.15) is 0 Å². The molecule has 3 N–H and O–H groups in total. The molecular weight excluding hydrogens is 250 g/mol. The highest BCUT2D eigenvalue weighted by Crippen LogP contribution is 2.14. The van der Waals surface area contributed by atoms with E-state index in [-0.39, 0.29) is 17.2 Å². The Labute approximate surface area is 108 Å². The fraction of sp³-hybridized carbons (Fsp3) is 0. The Kier molecular flexibility index (Phi) is 4.53. The Morgan fingerprint density at radius 3 is 1.79 bits per heavy atom. The normalized spacial score (nSPS) is 9.26. The van der Waals surface area contributed by atoms with Gasteiger partial charge in [0.05, 0.1) is 5.56 Å². The molecule has 7 heteroatoms. The van der Waals surface area contributed by atoms with Crippen LogP contribution >= 0.6 is 0 Å². The van der Waals surface area contributed by atoms with Crippen molar-refractivity contribution in [1.82, 2.24) is 4.98 Å². The van der Waals surface area contributed by atoms with Crippen LogP contribution in [0, 0.1) is 0 Å². The van der Waals surface area contributed by atoms with E-state index >= 15 is 0 Å². The highest BCUT2D eigenvalue weighted by Gasteiger charge is 2.10. The average molecular weight is 261 g/mol. The molecule has 0 saturated heterocycles. The first-order valence-corrected chi connectivity index (χ1v) is 5.08. The zero-order chi connectivity index (χ0) is 14.4. The molecule has 0 aliphatic carbocycles. The molecule has 1 aromatic rings. The number of carbonyl (C=O) groups excluding carboxylic acids is 2. The number of pyridine rings is 1. The molecule has 1 aromatic heterocycles. The van der Waals surface area contributed by atoms with Gasteiger partial charge in [-0.3, -0.25) is 9.59 Å². The number of hydrogen-bond donors (Lipinski definition) is 3. The van der Waals surface area contributed by atoms with Gasteiger partial charge in [0.2, 0.25) is 11.8 Å². The van der Waals surface area contributed by atoms with Gasteiger partial charge in [-0.15, -0.1) is 0 Å². The van der Waals surface area contributed by atoms with Crippen molar-refractivity contribution in [1.29, 1.82) is 0 Å². The second-order valence-electron chi connectivity index (χ2n) is 3.32. The van der Waals surface area contributed by atoms with Crippen molar-refractivity contribution < 1.29 is 19.5 Å². The van der Waals surface area contributed by atoms with Gasteiger partial charge in [-0.1, -0.05) is 13.2 Å². The van der Waals surface area contributed by atoms with Gasteiger partial charge in [0, 0.05) is 0 Å². The van der Waals surface area contributed by atoms with Gasteiger partial charge in [0.15, 0.2) is 0 Å². The highest BCUT2D eigenvalue weighted by molar-refractivity contribution is 6.01. The van der Waals surface area contributed by atoms with E-state index in [0.29, 0.717) is 0 Å². The summed E-state index contributed by atoms with van der Waals surface area (Å²) in [6.07, 6.45) is 2.02. The van der Waals surface area contributed by atoms with Crippen LogP contribution in [-0.4, -0.2) is 27.9 Å². The summed E-state index contributed by atoms with van der Waals surface area (Å²) in [6, 6.07) is 2.32. The number of carboxylic acid groups (broad SMARTS) is 1. The summed E-state index contributed by atoms with van der Waals surface area (Å²) in [6.45, 7) is 6.52. The number of nitrogens with one attached hydrogen (secondary N) is 2. The van der Waals surface area contributed by atoms with E-state index in [9.17, 15) is 14.4 Å². The van der Waals surface area contributed by atoms with Crippen LogP contribution in [0.2, 0.25) is 0 Å². The lowest BCUT2D eigenvalue weighted by Gasteiger charge is -2.07. The maximum Gasteiger partial charge on any atom is 0.335 e. The molecule has 0 unspecified atom stereocenters. The summed E-state index contributed by atoms with van der Waals surface area (Å²) in [7, 11) is 0. The minimum Gasteiger partial charge on any atom is -0.478 e. The van der Waals surface area contributed by atoms with Crippen LogP contribution < -0.4 is 10.6 Å². The zero-order valence-corrected chi connectivity index (χ0v) is 9.84. The third-order valence-electron chi connectivity index (χ3n) is 1.95. The first-order chi connectivity index (χ1) is 8.96. The molecule has 0 spiro atoms. The Morgan fingerprint density at radius 1 is 1.05 bits per heavy atom. The van der Waals surface area contributed by atoms with Gasteiger partial charge in [0.25, 0.3) is 0 Å². The molecule has 2 amide bonds. The molecule has 0 fully saturated rings. The van der Waals surface area contributed by atoms with Gasteiger partial charge in [-0.25, -0.2) is 9.78 Å². The molecule has 0 bridgehead atoms. The third-order valence-corrected chi connectivity index (χ3v) is 1.95. The standard InChI is InChI=1S/C12H11N3O4/c1-3-10(16)14-8-5-7(12(18)19)6-9(13-8)15-11(17)4-2/h3-6H,1-2H2,(H,18,19)(H2,13,14,15,16,17). The van der Waals surface area contributed by atoms with Crippen molar-refractivity contribution in [3.63, 3.8) is 0 Å². The van der Waals surface area contributed by atoms with E-state index in [1.54, 1.807) is 0 Å². The lowest BCUT2D eigenvalue weighted by atomic mass is 10.2. The Hall–Kier alpha value is -2.96. The number of aromatic nitrogens is 1. The fourth-order valence-corrected chi connectivity index (χ4v) is 1.14. The van der Waals surface area contributed by atoms with Crippen molar-refractivity contribution >= 4 is 29.4 Å². The number of anilines is 2. The van der Waals surface area contributed by atoms with E-state index in [1.165, 1.54) is 0 Å². The maximum atomic E-state index is 11.1. The monoisotopic (exact) mass is 261 g/mol. The Balaban J connectivity index is 3.13. The van der Waals surface area contributed by atoms with Crippen LogP contribution in [0.1, 0.15) is 10.4 Å². The topological polar surface area (TPSA) is 108 Å². The van der Waals surface area contributed by atoms with Crippen LogP contribution in [0.25, 0.3) is 0 Å². The van der Waals surface area contributed by atoms with Crippen LogP contribution in [0.4, 0.5) is 11.6 Å². The third kappa shape index (κ3) is 4.08. The Bertz CT molecular complexity index is 526. The lowest BCUT2D eigenvalue weighted by molar-refractivity contribution is -0.112. The summed E-state index contributed by atoms with van der Waals surface area (Å²) >= 11 is 0. The Morgan fingerprint density at radius 2 is 1.47 bits per heavy atom. The van der Waals surface area contributed by atoms with Crippen LogP contribution in [0.5, 0.6) is 0 Å². The molecule has 0 radical (unpaired) electrons. The van der Waals surface area contributed by atoms with E-state index in [1.807, 2.05) is 0 Å². The predicted octanol–water partition coefficient (Wildman–Crippen LogP) is 1.03. The van der Waals surface area contributed by atoms with Crippen LogP contribution in [-0.2, 0) is 9.59 Å². The summed E-state index contributed by atoms with van der Waals surface area (Å²) in [5.74, 6) is -2.33. The molecule has 1 heterocycles. The maximum absolute atomic E-state index is 11.1. The minimum absolute atomic E-state index is 0.0100. The highest BCUT2D eigenvalue weighted by atomic mass is 16.4. The number of carbonyl (C=O) groups is 3. The van der Waals surface area contributed by atoms with Gasteiger partial charge >= 0.3 is 5.97 Å². The van der Waals surface area contributed by atoms with Crippen molar-refractivity contribution in [2.75, 3.05) is 10.6 Å². The quantitative estimate of drug-likeness (QED) is 0.686. The molecule has 0 aromatic carbocycles. The molecular formula is C12H11N3O4. The van der Waals surface area contributed by atoms with Crippen molar-refractivity contribution in [3.8, 4) is 0 Å². The summed E-state index contributed by atoms with van der Waals surface area (Å²) in [5.41, 5.74) is -0.131. The number of nitrogens with zero attached hydrogens (tertiary/aromatic N) is 1. The van der Waals surface area contributed by atoms with E-state index in [0.717, 1.165) is 24.3 Å². The molecule has 19 heavy (non-hydrogen) atoms. The lowest BCUT2D eigenvalue weighted by Crippen LogP contribution is -2.14. The first-order valence-electron chi connectivity index (χ1n) is 5.08. The summed E-state index contributed by atoms with van der Waals surface area (Å²) in [5, 5.41) is 13.5. The molecule has 0 atom stereocenters. The van der Waals surface area contributed by atoms with Crippen molar-refractivity contribution in [3.05, 3.63) is 43.0 Å². The van der Waals surface area contributed by atoms with E-state index < -0.39 is 17.8 Å². The van der Waals surface area contributed by atoms with Crippen molar-refractivity contribution in [2.24, 2.45) is 0 Å². The fourth-order valence-electron chi connectivity index (χ4n) is 1.14. The predicted molar refractivity (Wildman–Crippen MR) is 68.8 cm³/mol. The summed E-state index contributed by atoms with van der Waals surface area (Å²) < 4.78 is 0. The largest absolute Gasteiger partial charge is 0.478 e. The molecule has 0 saturated carbocycles. The van der Waals surface area contributed by atoms with Crippen LogP contribution in [0.3, 0.4) is 0 Å². The molecule has 98 valence electrons. The first kappa shape index (κ1) is 14.1. The number of aromatic carboxylic acids is 1. The zero-order valence-electron chi connectivity index (χ0n) is 9.84. The molecule has 0 aliphatic heterocycles. The van der Waals surface area contributed by atoms with Gasteiger partial charge in [0.1, 0.15) is 11.6 Å². The number of carboxylic acids is 1. The summed E-state index contributed by atoms with van der Waals surface area (Å²) in [4.78, 5) is 37.1. The minimum atomic E-state index is -1.22. The molecule has 7 nitrogen and oxygen atoms in total. The van der Waals surface area contributed by atoms with E-state index in [4.69, 9.17) is 5.11 Å². The van der Waals surface area contributed by atoms with Crippen molar-refractivity contribution in [2.45, 2.75) is 0 Å². The number of amides is 2. The second kappa shape index (κ2) is 6.10.